The zero-order chi connectivity index (χ0) is 14.7. The quantitative estimate of drug-likeness (QED) is 0.583. The van der Waals surface area contributed by atoms with Crippen LogP contribution in [0.2, 0.25) is 0 Å². The average Bonchev–Trinajstić information content (AvgIpc) is 2.50. The topological polar surface area (TPSA) is 61.0 Å². The van der Waals surface area contributed by atoms with E-state index in [0.717, 1.165) is 22.1 Å². The van der Waals surface area contributed by atoms with Crippen molar-refractivity contribution in [2.24, 2.45) is 0 Å². The van der Waals surface area contributed by atoms with Crippen molar-refractivity contribution in [1.29, 1.82) is 0 Å². The molecule has 1 heterocycles. The molecule has 21 heavy (non-hydrogen) atoms. The second kappa shape index (κ2) is 5.63. The summed E-state index contributed by atoms with van der Waals surface area (Å²) < 4.78 is 5.95. The SMILES string of the molecule is C=CCc1cc(N)ccc1Oc1nncc2ccccc12. The molecule has 4 nitrogen and oxygen atoms in total. The number of anilines is 1. The van der Waals surface area contributed by atoms with E-state index < -0.39 is 0 Å². The maximum Gasteiger partial charge on any atom is 0.246 e. The van der Waals surface area contributed by atoms with Crippen molar-refractivity contribution < 1.29 is 4.74 Å². The third kappa shape index (κ3) is 2.69. The Kier molecular flexibility index (Phi) is 3.51. The van der Waals surface area contributed by atoms with Crippen LogP contribution in [-0.2, 0) is 6.42 Å². The van der Waals surface area contributed by atoms with E-state index in [0.29, 0.717) is 18.0 Å². The second-order valence-electron chi connectivity index (χ2n) is 4.70. The Bertz CT molecular complexity index is 794. The Morgan fingerprint density at radius 2 is 2.05 bits per heavy atom. The fourth-order valence-electron chi connectivity index (χ4n) is 2.20. The summed E-state index contributed by atoms with van der Waals surface area (Å²) in [4.78, 5) is 0. The summed E-state index contributed by atoms with van der Waals surface area (Å²) in [6, 6.07) is 13.4. The van der Waals surface area contributed by atoms with Crippen LogP contribution >= 0.6 is 0 Å². The Morgan fingerprint density at radius 3 is 2.90 bits per heavy atom. The number of nitrogens with two attached hydrogens (primary N) is 1. The number of hydrogen-bond donors (Lipinski definition) is 1. The molecule has 0 amide bonds. The first-order valence-electron chi connectivity index (χ1n) is 6.65. The van der Waals surface area contributed by atoms with Gasteiger partial charge in [0.05, 0.1) is 6.20 Å². The van der Waals surface area contributed by atoms with Gasteiger partial charge < -0.3 is 10.5 Å². The maximum atomic E-state index is 5.95. The van der Waals surface area contributed by atoms with Crippen LogP contribution in [0.25, 0.3) is 10.8 Å². The number of aromatic nitrogens is 2. The lowest BCUT2D eigenvalue weighted by Crippen LogP contribution is -1.96. The maximum absolute atomic E-state index is 5.95. The standard InChI is InChI=1S/C17H15N3O/c1-2-5-12-10-14(18)8-9-16(12)21-17-15-7-4-3-6-13(15)11-19-20-17/h2-4,6-11H,1,5,18H2. The lowest BCUT2D eigenvalue weighted by molar-refractivity contribution is 0.457. The fraction of sp³-hybridized carbons (Fsp3) is 0.0588. The molecule has 0 unspecified atom stereocenters. The van der Waals surface area contributed by atoms with Gasteiger partial charge in [-0.15, -0.1) is 11.7 Å². The zero-order valence-corrected chi connectivity index (χ0v) is 11.5. The van der Waals surface area contributed by atoms with Crippen molar-refractivity contribution in [2.75, 3.05) is 5.73 Å². The second-order valence-corrected chi connectivity index (χ2v) is 4.70. The minimum Gasteiger partial charge on any atom is -0.437 e. The van der Waals surface area contributed by atoms with Crippen molar-refractivity contribution in [3.63, 3.8) is 0 Å². The Morgan fingerprint density at radius 1 is 1.19 bits per heavy atom. The minimum atomic E-state index is 0.489. The van der Waals surface area contributed by atoms with Gasteiger partial charge >= 0.3 is 0 Å². The monoisotopic (exact) mass is 277 g/mol. The van der Waals surface area contributed by atoms with Crippen LogP contribution < -0.4 is 10.5 Å². The largest absolute Gasteiger partial charge is 0.437 e. The lowest BCUT2D eigenvalue weighted by Gasteiger charge is -2.11. The number of nitrogens with zero attached hydrogens (tertiary/aromatic N) is 2. The molecule has 0 fully saturated rings. The highest BCUT2D eigenvalue weighted by Gasteiger charge is 2.09. The molecular weight excluding hydrogens is 262 g/mol. The van der Waals surface area contributed by atoms with Gasteiger partial charge in [-0.25, -0.2) is 0 Å². The molecule has 3 rings (SSSR count). The predicted molar refractivity (Wildman–Crippen MR) is 84.4 cm³/mol. The molecule has 4 heteroatoms. The Hall–Kier alpha value is -2.88. The molecule has 0 radical (unpaired) electrons. The number of nitrogen functional groups attached to an aromatic ring is 1. The first kappa shape index (κ1) is 13.1. The van der Waals surface area contributed by atoms with Gasteiger partial charge in [0.25, 0.3) is 0 Å². The Balaban J connectivity index is 2.04. The van der Waals surface area contributed by atoms with E-state index in [9.17, 15) is 0 Å². The summed E-state index contributed by atoms with van der Waals surface area (Å²) in [5.41, 5.74) is 7.49. The summed E-state index contributed by atoms with van der Waals surface area (Å²) >= 11 is 0. The highest BCUT2D eigenvalue weighted by atomic mass is 16.5. The van der Waals surface area contributed by atoms with Crippen LogP contribution in [0.15, 0.2) is 61.3 Å². The van der Waals surface area contributed by atoms with Crippen molar-refractivity contribution in [3.8, 4) is 11.6 Å². The number of hydrogen-bond acceptors (Lipinski definition) is 4. The van der Waals surface area contributed by atoms with Crippen LogP contribution in [0.3, 0.4) is 0 Å². The van der Waals surface area contributed by atoms with Gasteiger partial charge in [0.1, 0.15) is 5.75 Å². The van der Waals surface area contributed by atoms with Crippen LogP contribution in [-0.4, -0.2) is 10.2 Å². The van der Waals surface area contributed by atoms with Gasteiger partial charge in [-0.05, 0) is 30.7 Å². The molecule has 0 aliphatic rings. The first-order chi connectivity index (χ1) is 10.3. The average molecular weight is 277 g/mol. The number of ether oxygens (including phenoxy) is 1. The molecule has 2 N–H and O–H groups in total. The molecule has 0 bridgehead atoms. The molecule has 0 spiro atoms. The van der Waals surface area contributed by atoms with Gasteiger partial charge in [-0.1, -0.05) is 24.3 Å². The predicted octanol–water partition coefficient (Wildman–Crippen LogP) is 3.73. The number of allylic oxidation sites excluding steroid dienone is 1. The van der Waals surface area contributed by atoms with E-state index in [1.54, 1.807) is 12.3 Å². The van der Waals surface area contributed by atoms with Crippen LogP contribution in [0.4, 0.5) is 5.69 Å². The fourth-order valence-corrected chi connectivity index (χ4v) is 2.20. The highest BCUT2D eigenvalue weighted by Crippen LogP contribution is 2.30. The summed E-state index contributed by atoms with van der Waals surface area (Å²) in [6.07, 6.45) is 4.21. The van der Waals surface area contributed by atoms with E-state index >= 15 is 0 Å². The normalized spacial score (nSPS) is 10.5. The molecule has 1 aromatic heterocycles. The van der Waals surface area contributed by atoms with Crippen molar-refractivity contribution in [1.82, 2.24) is 10.2 Å². The number of benzene rings is 2. The van der Waals surface area contributed by atoms with E-state index in [1.165, 1.54) is 0 Å². The number of fused-ring (bicyclic) bond motifs is 1. The van der Waals surface area contributed by atoms with E-state index in [2.05, 4.69) is 16.8 Å². The van der Waals surface area contributed by atoms with Crippen LogP contribution in [0, 0.1) is 0 Å². The third-order valence-corrected chi connectivity index (χ3v) is 3.19. The van der Waals surface area contributed by atoms with Crippen molar-refractivity contribution in [3.05, 3.63) is 66.9 Å². The van der Waals surface area contributed by atoms with Crippen molar-refractivity contribution in [2.45, 2.75) is 6.42 Å². The molecule has 2 aromatic carbocycles. The third-order valence-electron chi connectivity index (χ3n) is 3.19. The van der Waals surface area contributed by atoms with Crippen LogP contribution in [0.5, 0.6) is 11.6 Å². The summed E-state index contributed by atoms with van der Waals surface area (Å²) in [5.74, 6) is 1.21. The molecule has 0 saturated heterocycles. The highest BCUT2D eigenvalue weighted by molar-refractivity contribution is 5.86. The van der Waals surface area contributed by atoms with E-state index in [1.807, 2.05) is 42.5 Å². The molecule has 0 saturated carbocycles. The Labute approximate surface area is 122 Å². The summed E-state index contributed by atoms with van der Waals surface area (Å²) in [5, 5.41) is 9.99. The van der Waals surface area contributed by atoms with Gasteiger partial charge in [0, 0.05) is 22.0 Å². The summed E-state index contributed by atoms with van der Waals surface area (Å²) in [7, 11) is 0. The van der Waals surface area contributed by atoms with Gasteiger partial charge in [-0.3, -0.25) is 0 Å². The van der Waals surface area contributed by atoms with Crippen molar-refractivity contribution >= 4 is 16.5 Å². The lowest BCUT2D eigenvalue weighted by atomic mass is 10.1. The molecular formula is C17H15N3O. The molecule has 0 atom stereocenters. The van der Waals surface area contributed by atoms with Gasteiger partial charge in [-0.2, -0.15) is 5.10 Å². The van der Waals surface area contributed by atoms with E-state index in [-0.39, 0.29) is 0 Å². The number of rotatable bonds is 4. The van der Waals surface area contributed by atoms with Gasteiger partial charge in [0.2, 0.25) is 5.88 Å². The summed E-state index contributed by atoms with van der Waals surface area (Å²) in [6.45, 7) is 3.76. The molecule has 3 aromatic rings. The molecule has 0 aliphatic carbocycles. The minimum absolute atomic E-state index is 0.489. The zero-order valence-electron chi connectivity index (χ0n) is 11.5. The van der Waals surface area contributed by atoms with Crippen LogP contribution in [0.1, 0.15) is 5.56 Å². The van der Waals surface area contributed by atoms with E-state index in [4.69, 9.17) is 10.5 Å². The molecule has 0 aliphatic heterocycles. The molecule has 104 valence electrons. The smallest absolute Gasteiger partial charge is 0.246 e. The first-order valence-corrected chi connectivity index (χ1v) is 6.65. The van der Waals surface area contributed by atoms with Gasteiger partial charge in [0.15, 0.2) is 0 Å².